The van der Waals surface area contributed by atoms with Crippen molar-refractivity contribution >= 4 is 40.6 Å². The average Bonchev–Trinajstić information content (AvgIpc) is 3.30. The van der Waals surface area contributed by atoms with Gasteiger partial charge in [-0.3, -0.25) is 19.8 Å². The molecular weight excluding hydrogens is 428 g/mol. The maximum atomic E-state index is 13.1. The van der Waals surface area contributed by atoms with E-state index < -0.39 is 12.0 Å². The molecular formula is C23H28N4O4S. The van der Waals surface area contributed by atoms with Crippen molar-refractivity contribution in [2.24, 2.45) is 11.7 Å². The van der Waals surface area contributed by atoms with Gasteiger partial charge in [-0.1, -0.05) is 0 Å². The Bertz CT molecular complexity index is 959. The molecule has 1 saturated heterocycles. The van der Waals surface area contributed by atoms with Crippen LogP contribution in [0.3, 0.4) is 0 Å². The number of rotatable bonds is 9. The first-order chi connectivity index (χ1) is 15.4. The molecule has 0 bridgehead atoms. The van der Waals surface area contributed by atoms with E-state index in [-0.39, 0.29) is 43.1 Å². The fraction of sp³-hybridized carbons (Fsp3) is 0.391. The summed E-state index contributed by atoms with van der Waals surface area (Å²) >= 11 is 1.49. The zero-order valence-electron chi connectivity index (χ0n) is 18.0. The van der Waals surface area contributed by atoms with Gasteiger partial charge < -0.3 is 20.7 Å². The first-order valence-electron chi connectivity index (χ1n) is 10.6. The van der Waals surface area contributed by atoms with Crippen molar-refractivity contribution in [1.82, 2.24) is 5.32 Å². The largest absolute Gasteiger partial charge is 0.466 e. The molecule has 2 amide bonds. The van der Waals surface area contributed by atoms with E-state index in [2.05, 4.69) is 5.32 Å². The fourth-order valence-electron chi connectivity index (χ4n) is 3.81. The molecule has 2 atom stereocenters. The number of ether oxygens (including phenoxy) is 1. The molecule has 0 aliphatic carbocycles. The fourth-order valence-corrected chi connectivity index (χ4v) is 4.52. The maximum absolute atomic E-state index is 13.1. The highest BCUT2D eigenvalue weighted by atomic mass is 32.1. The first kappa shape index (κ1) is 23.5. The smallest absolute Gasteiger partial charge is 0.308 e. The number of anilines is 1. The highest BCUT2D eigenvalue weighted by Crippen LogP contribution is 2.27. The minimum absolute atomic E-state index is 0.0286. The summed E-state index contributed by atoms with van der Waals surface area (Å²) in [5, 5.41) is 14.2. The minimum atomic E-state index is -0.485. The van der Waals surface area contributed by atoms with Gasteiger partial charge in [0.1, 0.15) is 5.84 Å². The third-order valence-electron chi connectivity index (χ3n) is 5.43. The van der Waals surface area contributed by atoms with Crippen LogP contribution < -0.4 is 16.0 Å². The molecule has 2 unspecified atom stereocenters. The molecule has 0 radical (unpaired) electrons. The minimum Gasteiger partial charge on any atom is -0.466 e. The third kappa shape index (κ3) is 5.94. The second-order valence-electron chi connectivity index (χ2n) is 7.68. The molecule has 32 heavy (non-hydrogen) atoms. The first-order valence-corrected chi connectivity index (χ1v) is 11.6. The molecule has 1 aliphatic heterocycles. The van der Waals surface area contributed by atoms with Crippen molar-refractivity contribution in [2.45, 2.75) is 38.6 Å². The lowest BCUT2D eigenvalue weighted by Gasteiger charge is -2.32. The van der Waals surface area contributed by atoms with Crippen LogP contribution in [-0.4, -0.2) is 36.8 Å². The van der Waals surface area contributed by atoms with Crippen LogP contribution in [0.15, 0.2) is 41.1 Å². The van der Waals surface area contributed by atoms with Gasteiger partial charge in [-0.25, -0.2) is 0 Å². The van der Waals surface area contributed by atoms with E-state index in [9.17, 15) is 14.4 Å². The number of nitrogens with one attached hydrogen (secondary N) is 2. The Hall–Kier alpha value is -3.20. The summed E-state index contributed by atoms with van der Waals surface area (Å²) in [6, 6.07) is 8.34. The molecule has 1 aliphatic rings. The molecule has 4 N–H and O–H groups in total. The van der Waals surface area contributed by atoms with Crippen molar-refractivity contribution in [1.29, 1.82) is 5.41 Å². The SMILES string of the molecule is CCOC(=O)CC(NC(=O)CC1CCCN(c2ccc(C(=N)N)cc2)C1=O)c1ccsc1. The van der Waals surface area contributed by atoms with E-state index in [1.54, 1.807) is 36.1 Å². The molecule has 9 heteroatoms. The number of amidine groups is 1. The standard InChI is InChI=1S/C23H28N4O4S/c1-2-31-21(29)13-19(17-9-11-32-14-17)26-20(28)12-16-4-3-10-27(23(16)30)18-7-5-15(6-8-18)22(24)25/h5-9,11,14,16,19H,2-4,10,12-13H2,1H3,(H3,24,25)(H,26,28). The number of thiophene rings is 1. The highest BCUT2D eigenvalue weighted by Gasteiger charge is 2.32. The Morgan fingerprint density at radius 3 is 2.69 bits per heavy atom. The number of nitrogens with two attached hydrogens (primary N) is 1. The third-order valence-corrected chi connectivity index (χ3v) is 6.13. The lowest BCUT2D eigenvalue weighted by atomic mass is 9.92. The van der Waals surface area contributed by atoms with Crippen molar-refractivity contribution in [3.05, 3.63) is 52.2 Å². The molecule has 8 nitrogen and oxygen atoms in total. The predicted octanol–water partition coefficient (Wildman–Crippen LogP) is 2.98. The van der Waals surface area contributed by atoms with Gasteiger partial charge in [0.2, 0.25) is 11.8 Å². The summed E-state index contributed by atoms with van der Waals surface area (Å²) in [4.78, 5) is 39.5. The van der Waals surface area contributed by atoms with Gasteiger partial charge >= 0.3 is 5.97 Å². The molecule has 3 rings (SSSR count). The summed E-state index contributed by atoms with van der Waals surface area (Å²) < 4.78 is 5.04. The van der Waals surface area contributed by atoms with Gasteiger partial charge in [0.05, 0.1) is 19.1 Å². The summed E-state index contributed by atoms with van der Waals surface area (Å²) in [6.45, 7) is 2.60. The maximum Gasteiger partial charge on any atom is 0.308 e. The van der Waals surface area contributed by atoms with Crippen LogP contribution >= 0.6 is 11.3 Å². The Morgan fingerprint density at radius 2 is 2.06 bits per heavy atom. The molecule has 1 aromatic heterocycles. The lowest BCUT2D eigenvalue weighted by molar-refractivity contribution is -0.144. The number of nitrogen functional groups attached to an aromatic ring is 1. The zero-order valence-corrected chi connectivity index (χ0v) is 18.8. The normalized spacial score (nSPS) is 17.0. The molecule has 0 spiro atoms. The summed E-state index contributed by atoms with van der Waals surface area (Å²) in [7, 11) is 0. The zero-order chi connectivity index (χ0) is 23.1. The van der Waals surface area contributed by atoms with E-state index in [1.165, 1.54) is 11.3 Å². The number of nitrogens with zero attached hydrogens (tertiary/aromatic N) is 1. The molecule has 0 saturated carbocycles. The van der Waals surface area contributed by atoms with Crippen molar-refractivity contribution in [3.8, 4) is 0 Å². The quantitative estimate of drug-likeness (QED) is 0.304. The van der Waals surface area contributed by atoms with Crippen molar-refractivity contribution < 1.29 is 19.1 Å². The monoisotopic (exact) mass is 456 g/mol. The van der Waals surface area contributed by atoms with Crippen molar-refractivity contribution in [2.75, 3.05) is 18.1 Å². The van der Waals surface area contributed by atoms with E-state index in [4.69, 9.17) is 15.9 Å². The van der Waals surface area contributed by atoms with Crippen molar-refractivity contribution in [3.63, 3.8) is 0 Å². The van der Waals surface area contributed by atoms with Gasteiger partial charge in [0.15, 0.2) is 0 Å². The van der Waals surface area contributed by atoms with Gasteiger partial charge in [-0.05, 0) is 66.4 Å². The number of carbonyl (C=O) groups excluding carboxylic acids is 3. The van der Waals surface area contributed by atoms with Crippen LogP contribution in [0.5, 0.6) is 0 Å². The van der Waals surface area contributed by atoms with Crippen LogP contribution in [0.1, 0.15) is 49.8 Å². The lowest BCUT2D eigenvalue weighted by Crippen LogP contribution is -2.43. The van der Waals surface area contributed by atoms with Gasteiger partial charge in [-0.15, -0.1) is 0 Å². The van der Waals surface area contributed by atoms with Crippen LogP contribution in [0.2, 0.25) is 0 Å². The van der Waals surface area contributed by atoms with E-state index in [1.807, 2.05) is 16.8 Å². The summed E-state index contributed by atoms with van der Waals surface area (Å²) in [5.74, 6) is -1.20. The average molecular weight is 457 g/mol. The Balaban J connectivity index is 1.64. The highest BCUT2D eigenvalue weighted by molar-refractivity contribution is 7.08. The number of piperidine rings is 1. The second kappa shape index (κ2) is 10.9. The van der Waals surface area contributed by atoms with E-state index in [0.29, 0.717) is 18.5 Å². The van der Waals surface area contributed by atoms with Gasteiger partial charge in [-0.2, -0.15) is 11.3 Å². The van der Waals surface area contributed by atoms with Crippen LogP contribution in [-0.2, 0) is 19.1 Å². The summed E-state index contributed by atoms with van der Waals surface area (Å²) in [5.41, 5.74) is 7.66. The number of benzene rings is 1. The topological polar surface area (TPSA) is 126 Å². The molecule has 2 aromatic rings. The number of amides is 2. The Kier molecular flexibility index (Phi) is 7.99. The van der Waals surface area contributed by atoms with Crippen LogP contribution in [0.4, 0.5) is 5.69 Å². The molecule has 1 fully saturated rings. The summed E-state index contributed by atoms with van der Waals surface area (Å²) in [6.07, 6.45) is 1.53. The molecule has 170 valence electrons. The van der Waals surface area contributed by atoms with Gasteiger partial charge in [0.25, 0.3) is 0 Å². The van der Waals surface area contributed by atoms with E-state index >= 15 is 0 Å². The number of hydrogen-bond acceptors (Lipinski definition) is 6. The van der Waals surface area contributed by atoms with Crippen LogP contribution in [0.25, 0.3) is 0 Å². The predicted molar refractivity (Wildman–Crippen MR) is 124 cm³/mol. The number of carbonyl (C=O) groups is 3. The Morgan fingerprint density at radius 1 is 1.31 bits per heavy atom. The Labute approximate surface area is 191 Å². The molecule has 1 aromatic carbocycles. The number of esters is 1. The second-order valence-corrected chi connectivity index (χ2v) is 8.46. The van der Waals surface area contributed by atoms with Gasteiger partial charge in [0, 0.05) is 30.1 Å². The van der Waals surface area contributed by atoms with E-state index in [0.717, 1.165) is 17.7 Å². The van der Waals surface area contributed by atoms with Crippen LogP contribution in [0, 0.1) is 11.3 Å². The number of hydrogen-bond donors (Lipinski definition) is 3. The molecule has 2 heterocycles.